The summed E-state index contributed by atoms with van der Waals surface area (Å²) in [6, 6.07) is 4.30. The molecule has 1 fully saturated rings. The summed E-state index contributed by atoms with van der Waals surface area (Å²) in [4.78, 5) is 1.31. The van der Waals surface area contributed by atoms with Crippen LogP contribution in [0.4, 0.5) is 0 Å². The Morgan fingerprint density at radius 3 is 2.78 bits per heavy atom. The van der Waals surface area contributed by atoms with E-state index in [1.165, 1.54) is 4.88 Å². The summed E-state index contributed by atoms with van der Waals surface area (Å²) in [5, 5.41) is 1.04. The molecule has 102 valence electrons. The minimum atomic E-state index is 0.201. The highest BCUT2D eigenvalue weighted by molar-refractivity contribution is 8.00. The number of hydrogen-bond acceptors (Lipinski definition) is 4. The van der Waals surface area contributed by atoms with Gasteiger partial charge in [0, 0.05) is 29.4 Å². The fraction of sp³-hybridized carbons (Fsp3) is 0.692. The molecule has 1 saturated heterocycles. The van der Waals surface area contributed by atoms with E-state index in [4.69, 9.17) is 22.1 Å². The van der Waals surface area contributed by atoms with Gasteiger partial charge in [0.05, 0.1) is 9.59 Å². The Hall–Kier alpha value is 0.260. The lowest BCUT2D eigenvalue weighted by Gasteiger charge is -2.28. The van der Waals surface area contributed by atoms with Gasteiger partial charge in [-0.25, -0.2) is 0 Å². The molecule has 2 unspecified atom stereocenters. The van der Waals surface area contributed by atoms with Crippen molar-refractivity contribution in [2.45, 2.75) is 42.7 Å². The Balaban J connectivity index is 2.04. The van der Waals surface area contributed by atoms with Crippen LogP contribution in [-0.2, 0) is 4.74 Å². The molecule has 18 heavy (non-hydrogen) atoms. The van der Waals surface area contributed by atoms with E-state index in [1.807, 2.05) is 17.8 Å². The first-order valence-corrected chi connectivity index (χ1v) is 8.58. The van der Waals surface area contributed by atoms with Gasteiger partial charge in [-0.3, -0.25) is 0 Å². The molecule has 1 aliphatic rings. The zero-order valence-corrected chi connectivity index (χ0v) is 13.0. The monoisotopic (exact) mass is 305 g/mol. The van der Waals surface area contributed by atoms with Crippen LogP contribution in [0.1, 0.15) is 36.3 Å². The molecule has 0 saturated carbocycles. The van der Waals surface area contributed by atoms with Gasteiger partial charge in [0.25, 0.3) is 0 Å². The van der Waals surface area contributed by atoms with E-state index >= 15 is 0 Å². The summed E-state index contributed by atoms with van der Waals surface area (Å²) in [6.07, 6.45) is 3.27. The van der Waals surface area contributed by atoms with Gasteiger partial charge in [0.15, 0.2) is 0 Å². The van der Waals surface area contributed by atoms with Crippen LogP contribution in [0, 0.1) is 0 Å². The highest BCUT2D eigenvalue weighted by Crippen LogP contribution is 2.42. The van der Waals surface area contributed by atoms with E-state index in [-0.39, 0.29) is 6.04 Å². The maximum absolute atomic E-state index is 6.29. The third-order valence-corrected chi connectivity index (χ3v) is 6.46. The van der Waals surface area contributed by atoms with Crippen molar-refractivity contribution in [3.63, 3.8) is 0 Å². The van der Waals surface area contributed by atoms with Gasteiger partial charge >= 0.3 is 0 Å². The number of thioether (sulfide) groups is 1. The number of nitrogens with two attached hydrogens (primary N) is 1. The lowest BCUT2D eigenvalue weighted by molar-refractivity contribution is 0.0999. The number of ether oxygens (including phenoxy) is 1. The molecule has 2 heterocycles. The highest BCUT2D eigenvalue weighted by Gasteiger charge is 2.26. The summed E-state index contributed by atoms with van der Waals surface area (Å²) in [5.74, 6) is 0. The third-order valence-electron chi connectivity index (χ3n) is 3.24. The molecular formula is C13H20ClNOS2. The smallest absolute Gasteiger partial charge is 0.0931 e. The predicted octanol–water partition coefficient (Wildman–Crippen LogP) is 4.09. The van der Waals surface area contributed by atoms with E-state index in [9.17, 15) is 0 Å². The van der Waals surface area contributed by atoms with Crippen LogP contribution >= 0.6 is 34.7 Å². The Morgan fingerprint density at radius 2 is 2.22 bits per heavy atom. The van der Waals surface area contributed by atoms with Crippen LogP contribution in [0.5, 0.6) is 0 Å². The van der Waals surface area contributed by atoms with Gasteiger partial charge in [-0.15, -0.1) is 23.1 Å². The van der Waals surface area contributed by atoms with Crippen molar-refractivity contribution < 1.29 is 4.74 Å². The minimum absolute atomic E-state index is 0.201. The topological polar surface area (TPSA) is 35.2 Å². The molecule has 0 bridgehead atoms. The van der Waals surface area contributed by atoms with Crippen LogP contribution in [-0.4, -0.2) is 24.5 Å². The summed E-state index contributed by atoms with van der Waals surface area (Å²) in [5.41, 5.74) is 6.29. The van der Waals surface area contributed by atoms with Crippen molar-refractivity contribution in [2.75, 3.05) is 13.2 Å². The van der Waals surface area contributed by atoms with Crippen molar-refractivity contribution in [2.24, 2.45) is 5.73 Å². The SMILES string of the molecule is CCC(N)C(SC1CCOCC1)c1ccc(Cl)s1. The van der Waals surface area contributed by atoms with Crippen molar-refractivity contribution in [1.82, 2.24) is 0 Å². The lowest BCUT2D eigenvalue weighted by atomic mass is 10.1. The normalized spacial score (nSPS) is 20.8. The maximum atomic E-state index is 6.29. The van der Waals surface area contributed by atoms with Crippen LogP contribution < -0.4 is 5.73 Å². The van der Waals surface area contributed by atoms with E-state index < -0.39 is 0 Å². The first-order valence-electron chi connectivity index (χ1n) is 6.44. The number of rotatable bonds is 5. The van der Waals surface area contributed by atoms with Gasteiger partial charge in [-0.1, -0.05) is 18.5 Å². The molecule has 0 aromatic carbocycles. The van der Waals surface area contributed by atoms with Gasteiger partial charge in [-0.2, -0.15) is 0 Å². The van der Waals surface area contributed by atoms with Gasteiger partial charge in [0.2, 0.25) is 0 Å². The van der Waals surface area contributed by atoms with Gasteiger partial charge < -0.3 is 10.5 Å². The zero-order valence-electron chi connectivity index (χ0n) is 10.6. The number of hydrogen-bond donors (Lipinski definition) is 1. The molecule has 2 N–H and O–H groups in total. The molecule has 0 radical (unpaired) electrons. The quantitative estimate of drug-likeness (QED) is 0.890. The van der Waals surface area contributed by atoms with E-state index in [2.05, 4.69) is 13.0 Å². The van der Waals surface area contributed by atoms with Crippen molar-refractivity contribution >= 4 is 34.7 Å². The minimum Gasteiger partial charge on any atom is -0.381 e. The lowest BCUT2D eigenvalue weighted by Crippen LogP contribution is -2.28. The fourth-order valence-corrected chi connectivity index (χ4v) is 5.01. The molecule has 1 aromatic rings. The van der Waals surface area contributed by atoms with Crippen LogP contribution in [0.15, 0.2) is 12.1 Å². The van der Waals surface area contributed by atoms with E-state index in [1.54, 1.807) is 11.3 Å². The molecule has 1 aliphatic heterocycles. The van der Waals surface area contributed by atoms with Crippen molar-refractivity contribution in [3.05, 3.63) is 21.3 Å². The first kappa shape index (κ1) is 14.7. The zero-order chi connectivity index (χ0) is 13.0. The molecule has 1 aromatic heterocycles. The molecule has 2 nitrogen and oxygen atoms in total. The summed E-state index contributed by atoms with van der Waals surface area (Å²) in [6.45, 7) is 3.92. The standard InChI is InChI=1S/C13H20ClNOS2/c1-2-10(15)13(11-3-4-12(14)18-11)17-9-5-7-16-8-6-9/h3-4,9-10,13H,2,5-8,15H2,1H3. The second-order valence-electron chi connectivity index (χ2n) is 4.58. The molecule has 0 amide bonds. The van der Waals surface area contributed by atoms with Gasteiger partial charge in [-0.05, 0) is 31.4 Å². The predicted molar refractivity (Wildman–Crippen MR) is 81.8 cm³/mol. The highest BCUT2D eigenvalue weighted by atomic mass is 35.5. The second kappa shape index (κ2) is 7.15. The number of thiophene rings is 1. The molecular weight excluding hydrogens is 286 g/mol. The molecule has 5 heteroatoms. The second-order valence-corrected chi connectivity index (χ2v) is 7.78. The third kappa shape index (κ3) is 3.87. The Kier molecular flexibility index (Phi) is 5.83. The Morgan fingerprint density at radius 1 is 1.50 bits per heavy atom. The summed E-state index contributed by atoms with van der Waals surface area (Å²) in [7, 11) is 0. The van der Waals surface area contributed by atoms with E-state index in [0.717, 1.165) is 36.8 Å². The summed E-state index contributed by atoms with van der Waals surface area (Å²) >= 11 is 9.72. The first-order chi connectivity index (χ1) is 8.70. The fourth-order valence-electron chi connectivity index (χ4n) is 2.09. The van der Waals surface area contributed by atoms with Gasteiger partial charge in [0.1, 0.15) is 0 Å². The van der Waals surface area contributed by atoms with Crippen LogP contribution in [0.2, 0.25) is 4.34 Å². The average Bonchev–Trinajstić information content (AvgIpc) is 2.83. The van der Waals surface area contributed by atoms with Crippen molar-refractivity contribution in [3.8, 4) is 0 Å². The molecule has 2 atom stereocenters. The molecule has 2 rings (SSSR count). The van der Waals surface area contributed by atoms with E-state index in [0.29, 0.717) is 10.5 Å². The molecule has 0 spiro atoms. The Labute approximate surface area is 122 Å². The van der Waals surface area contributed by atoms with Crippen molar-refractivity contribution in [1.29, 1.82) is 0 Å². The van der Waals surface area contributed by atoms with Crippen LogP contribution in [0.25, 0.3) is 0 Å². The molecule has 0 aliphatic carbocycles. The maximum Gasteiger partial charge on any atom is 0.0931 e. The number of halogens is 1. The van der Waals surface area contributed by atoms with Crippen LogP contribution in [0.3, 0.4) is 0 Å². The average molecular weight is 306 g/mol. The largest absolute Gasteiger partial charge is 0.381 e. The summed E-state index contributed by atoms with van der Waals surface area (Å²) < 4.78 is 6.27. The Bertz CT molecular complexity index is 366.